The third-order valence-electron chi connectivity index (χ3n) is 1.57. The topological polar surface area (TPSA) is 73.1 Å². The number of hydrogen-bond donors (Lipinski definition) is 0. The molecule has 0 N–H and O–H groups in total. The number of halogens is 4. The highest BCUT2D eigenvalue weighted by Crippen LogP contribution is 2.25. The minimum absolute atomic E-state index is 0.377. The average molecular weight is 255 g/mol. The van der Waals surface area contributed by atoms with E-state index in [4.69, 9.17) is 11.6 Å². The molecule has 0 amide bonds. The van der Waals surface area contributed by atoms with Crippen LogP contribution in [0.2, 0.25) is 0 Å². The predicted molar refractivity (Wildman–Crippen MR) is 46.0 cm³/mol. The second-order valence-corrected chi connectivity index (χ2v) is 2.91. The van der Waals surface area contributed by atoms with Crippen LogP contribution in [0.15, 0.2) is 6.07 Å². The molecule has 9 heteroatoms. The molecule has 0 aliphatic rings. The van der Waals surface area contributed by atoms with Crippen LogP contribution in [0.3, 0.4) is 0 Å². The van der Waals surface area contributed by atoms with Gasteiger partial charge in [0.05, 0.1) is 5.56 Å². The van der Waals surface area contributed by atoms with Crippen LogP contribution in [0, 0.1) is 15.9 Å². The molecule has 5 nitrogen and oxygen atoms in total. The minimum atomic E-state index is -3.17. The number of hydrogen-bond acceptors (Lipinski definition) is 4. The van der Waals surface area contributed by atoms with Crippen molar-refractivity contribution in [2.75, 3.05) is 0 Å². The van der Waals surface area contributed by atoms with E-state index in [2.05, 4.69) is 4.98 Å². The number of carbonyl (C=O) groups excluding carboxylic acids is 1. The molecule has 1 heterocycles. The van der Waals surface area contributed by atoms with E-state index in [1.165, 1.54) is 0 Å². The van der Waals surface area contributed by atoms with Crippen LogP contribution in [-0.2, 0) is 0 Å². The van der Waals surface area contributed by atoms with Crippen molar-refractivity contribution < 1.29 is 22.9 Å². The Morgan fingerprint density at radius 1 is 1.56 bits per heavy atom. The SMILES string of the molecule is O=C(Cl)c1cc(C(F)F)nc([N+](=O)[O-])c1F. The minimum Gasteiger partial charge on any atom is -0.358 e. The fourth-order valence-electron chi connectivity index (χ4n) is 0.911. The van der Waals surface area contributed by atoms with Crippen molar-refractivity contribution in [3.63, 3.8) is 0 Å². The lowest BCUT2D eigenvalue weighted by Crippen LogP contribution is -2.06. The first-order valence-electron chi connectivity index (χ1n) is 3.67. The van der Waals surface area contributed by atoms with Crippen LogP contribution < -0.4 is 0 Å². The molecule has 86 valence electrons. The molecule has 0 aliphatic carbocycles. The van der Waals surface area contributed by atoms with Crippen molar-refractivity contribution in [2.45, 2.75) is 6.43 Å². The summed E-state index contributed by atoms with van der Waals surface area (Å²) >= 11 is 4.89. The number of aromatic nitrogens is 1. The van der Waals surface area contributed by atoms with E-state index in [-0.39, 0.29) is 0 Å². The maximum atomic E-state index is 13.2. The largest absolute Gasteiger partial charge is 0.401 e. The zero-order valence-electron chi connectivity index (χ0n) is 7.29. The van der Waals surface area contributed by atoms with E-state index in [0.717, 1.165) is 0 Å². The number of carbonyl (C=O) groups is 1. The summed E-state index contributed by atoms with van der Waals surface area (Å²) in [5.74, 6) is -3.09. The Labute approximate surface area is 91.0 Å². The van der Waals surface area contributed by atoms with Gasteiger partial charge in [-0.3, -0.25) is 4.79 Å². The van der Waals surface area contributed by atoms with Gasteiger partial charge in [-0.25, -0.2) is 8.78 Å². The van der Waals surface area contributed by atoms with Crippen molar-refractivity contribution in [1.29, 1.82) is 0 Å². The van der Waals surface area contributed by atoms with Crippen LogP contribution in [0.1, 0.15) is 22.5 Å². The van der Waals surface area contributed by atoms with E-state index in [9.17, 15) is 28.1 Å². The second kappa shape index (κ2) is 4.44. The van der Waals surface area contributed by atoms with Gasteiger partial charge in [-0.1, -0.05) is 0 Å². The van der Waals surface area contributed by atoms with Crippen molar-refractivity contribution in [3.8, 4) is 0 Å². The molecule has 1 aromatic heterocycles. The highest BCUT2D eigenvalue weighted by molar-refractivity contribution is 6.67. The summed E-state index contributed by atoms with van der Waals surface area (Å²) in [4.78, 5) is 22.4. The van der Waals surface area contributed by atoms with E-state index in [0.29, 0.717) is 6.07 Å². The average Bonchev–Trinajstić information content (AvgIpc) is 2.16. The van der Waals surface area contributed by atoms with Gasteiger partial charge in [0.1, 0.15) is 0 Å². The predicted octanol–water partition coefficient (Wildman–Crippen LogP) is 2.45. The third-order valence-corrected chi connectivity index (χ3v) is 1.77. The summed E-state index contributed by atoms with van der Waals surface area (Å²) in [5, 5.41) is 8.86. The normalized spacial score (nSPS) is 10.6. The van der Waals surface area contributed by atoms with Gasteiger partial charge >= 0.3 is 12.2 Å². The Kier molecular flexibility index (Phi) is 3.43. The summed E-state index contributed by atoms with van der Waals surface area (Å²) < 4.78 is 37.6. The molecule has 0 bridgehead atoms. The number of alkyl halides is 2. The van der Waals surface area contributed by atoms with Gasteiger partial charge < -0.3 is 10.1 Å². The monoisotopic (exact) mass is 254 g/mol. The van der Waals surface area contributed by atoms with Crippen molar-refractivity contribution >= 4 is 22.7 Å². The molecule has 1 aromatic rings. The summed E-state index contributed by atoms with van der Waals surface area (Å²) in [7, 11) is 0. The summed E-state index contributed by atoms with van der Waals surface area (Å²) in [6.07, 6.45) is -3.17. The maximum absolute atomic E-state index is 13.2. The lowest BCUT2D eigenvalue weighted by molar-refractivity contribution is -0.392. The Hall–Kier alpha value is -1.70. The van der Waals surface area contributed by atoms with Crippen molar-refractivity contribution in [1.82, 2.24) is 4.98 Å². The standard InChI is InChI=1S/C7H2ClF3N2O3/c8-5(14)2-1-3(6(10)11)12-7(4(2)9)13(15)16/h1,6H. The molecule has 1 rings (SSSR count). The van der Waals surface area contributed by atoms with Gasteiger partial charge in [0.25, 0.3) is 5.24 Å². The summed E-state index contributed by atoms with van der Waals surface area (Å²) in [5.41, 5.74) is -2.09. The van der Waals surface area contributed by atoms with Gasteiger partial charge in [-0.15, -0.1) is 0 Å². The summed E-state index contributed by atoms with van der Waals surface area (Å²) in [6, 6.07) is 0.377. The number of nitro groups is 1. The second-order valence-electron chi connectivity index (χ2n) is 2.56. The molecule has 0 radical (unpaired) electrons. The van der Waals surface area contributed by atoms with E-state index in [1.807, 2.05) is 0 Å². The highest BCUT2D eigenvalue weighted by Gasteiger charge is 2.29. The van der Waals surface area contributed by atoms with E-state index >= 15 is 0 Å². The smallest absolute Gasteiger partial charge is 0.358 e. The highest BCUT2D eigenvalue weighted by atomic mass is 35.5. The number of rotatable bonds is 3. The molecule has 0 aromatic carbocycles. The number of nitrogens with zero attached hydrogens (tertiary/aromatic N) is 2. The van der Waals surface area contributed by atoms with Crippen molar-refractivity contribution in [2.24, 2.45) is 0 Å². The van der Waals surface area contributed by atoms with E-state index in [1.54, 1.807) is 0 Å². The fraction of sp³-hybridized carbons (Fsp3) is 0.143. The van der Waals surface area contributed by atoms with Crippen molar-refractivity contribution in [3.05, 3.63) is 33.3 Å². The zero-order chi connectivity index (χ0) is 12.5. The molecule has 0 atom stereocenters. The van der Waals surface area contributed by atoms with Crippen LogP contribution in [0.25, 0.3) is 0 Å². The first-order valence-corrected chi connectivity index (χ1v) is 4.05. The van der Waals surface area contributed by atoms with E-state index < -0.39 is 39.5 Å². The van der Waals surface area contributed by atoms with Gasteiger partial charge in [-0.2, -0.15) is 4.39 Å². The first-order chi connectivity index (χ1) is 7.34. The molecular weight excluding hydrogens is 253 g/mol. The molecule has 0 fully saturated rings. The molecule has 0 saturated heterocycles. The molecule has 0 aliphatic heterocycles. The van der Waals surface area contributed by atoms with Crippen LogP contribution >= 0.6 is 11.6 Å². The van der Waals surface area contributed by atoms with Gasteiger partial charge in [-0.05, 0) is 21.5 Å². The Morgan fingerprint density at radius 2 is 2.12 bits per heavy atom. The first kappa shape index (κ1) is 12.4. The molecular formula is C7H2ClF3N2O3. The molecule has 0 spiro atoms. The van der Waals surface area contributed by atoms with Gasteiger partial charge in [0.15, 0.2) is 0 Å². The Morgan fingerprint density at radius 3 is 2.50 bits per heavy atom. The fourth-order valence-corrected chi connectivity index (χ4v) is 1.05. The zero-order valence-corrected chi connectivity index (χ0v) is 8.04. The van der Waals surface area contributed by atoms with Gasteiger partial charge in [0, 0.05) is 6.07 Å². The summed E-state index contributed by atoms with van der Waals surface area (Å²) in [6.45, 7) is 0. The van der Waals surface area contributed by atoms with Crippen LogP contribution in [-0.4, -0.2) is 15.1 Å². The molecule has 0 unspecified atom stereocenters. The van der Waals surface area contributed by atoms with Crippen LogP contribution in [0.4, 0.5) is 19.0 Å². The molecule has 0 saturated carbocycles. The lowest BCUT2D eigenvalue weighted by Gasteiger charge is -2.00. The molecule has 16 heavy (non-hydrogen) atoms. The third kappa shape index (κ3) is 2.27. The van der Waals surface area contributed by atoms with Crippen LogP contribution in [0.5, 0.6) is 0 Å². The number of pyridine rings is 1. The van der Waals surface area contributed by atoms with Gasteiger partial charge in [0.2, 0.25) is 11.5 Å². The quantitative estimate of drug-likeness (QED) is 0.472. The lowest BCUT2D eigenvalue weighted by atomic mass is 10.2. The maximum Gasteiger partial charge on any atom is 0.401 e. The Bertz CT molecular complexity index is 431. The Balaban J connectivity index is 3.51.